The van der Waals surface area contributed by atoms with Crippen molar-refractivity contribution in [1.82, 2.24) is 0 Å². The third-order valence-electron chi connectivity index (χ3n) is 4.14. The van der Waals surface area contributed by atoms with E-state index in [-0.39, 0.29) is 20.4 Å². The Morgan fingerprint density at radius 1 is 0.897 bits per heavy atom. The van der Waals surface area contributed by atoms with Gasteiger partial charge in [0.05, 0.1) is 6.08 Å². The number of hydrogen-bond donors (Lipinski definition) is 0. The Morgan fingerprint density at radius 2 is 1.38 bits per heavy atom. The molecule has 0 aromatic heterocycles. The Labute approximate surface area is 192 Å². The molecule has 0 N–H and O–H groups in total. The molecule has 2 aromatic carbocycles. The van der Waals surface area contributed by atoms with Crippen molar-refractivity contribution in [2.24, 2.45) is 0 Å². The fourth-order valence-corrected chi connectivity index (χ4v) is 2.66. The van der Waals surface area contributed by atoms with E-state index in [0.717, 1.165) is 29.5 Å². The van der Waals surface area contributed by atoms with E-state index in [2.05, 4.69) is 86.9 Å². The van der Waals surface area contributed by atoms with E-state index >= 15 is 0 Å². The molecule has 2 nitrogen and oxygen atoms in total. The van der Waals surface area contributed by atoms with Gasteiger partial charge >= 0.3 is 20.4 Å². The molecule has 0 fully saturated rings. The van der Waals surface area contributed by atoms with Crippen LogP contribution >= 0.6 is 0 Å². The van der Waals surface area contributed by atoms with Crippen molar-refractivity contribution in [1.29, 1.82) is 0 Å². The van der Waals surface area contributed by atoms with Crippen molar-refractivity contribution >= 4 is 11.4 Å². The van der Waals surface area contributed by atoms with Crippen LogP contribution in [0, 0.1) is 13.8 Å². The third kappa shape index (κ3) is 10.9. The molecule has 0 amide bonds. The van der Waals surface area contributed by atoms with Gasteiger partial charge in [0, 0.05) is 0 Å². The maximum absolute atomic E-state index is 8.56. The van der Waals surface area contributed by atoms with Gasteiger partial charge < -0.3 is 19.4 Å². The van der Waals surface area contributed by atoms with Gasteiger partial charge in [-0.25, -0.2) is 0 Å². The summed E-state index contributed by atoms with van der Waals surface area (Å²) >= 11 is 0. The fraction of sp³-hybridized carbons (Fsp3) is 0.308. The van der Waals surface area contributed by atoms with Crippen LogP contribution in [0.5, 0.6) is 0 Å². The zero-order chi connectivity index (χ0) is 21.2. The fourth-order valence-electron chi connectivity index (χ4n) is 2.66. The molecule has 0 aliphatic rings. The normalized spacial score (nSPS) is 9.38. The Hall–Kier alpha value is -2.00. The molecule has 158 valence electrons. The summed E-state index contributed by atoms with van der Waals surface area (Å²) in [6.45, 7) is 14.4. The average molecular weight is 481 g/mol. The van der Waals surface area contributed by atoms with E-state index in [1.807, 2.05) is 6.08 Å². The van der Waals surface area contributed by atoms with Gasteiger partial charge in [0.1, 0.15) is 0 Å². The second-order valence-corrected chi connectivity index (χ2v) is 5.83. The van der Waals surface area contributed by atoms with Gasteiger partial charge in [-0.1, -0.05) is 68.8 Å². The topological polar surface area (TPSA) is 36.4 Å². The molecule has 0 unspecified atom stereocenters. The molecule has 2 rings (SSSR count). The number of aryl methyl sites for hydroxylation is 2. The van der Waals surface area contributed by atoms with Crippen LogP contribution in [-0.4, -0.2) is 10.7 Å². The largest absolute Gasteiger partial charge is 2.00 e. The molecule has 0 spiro atoms. The smallest absolute Gasteiger partial charge is 0.348 e. The summed E-state index contributed by atoms with van der Waals surface area (Å²) in [7, 11) is 0. The predicted molar refractivity (Wildman–Crippen MR) is 123 cm³/mol. The average Bonchev–Trinajstić information content (AvgIpc) is 2.79. The number of rotatable bonds is 7. The molecule has 29 heavy (non-hydrogen) atoms. The Morgan fingerprint density at radius 3 is 1.79 bits per heavy atom. The van der Waals surface area contributed by atoms with Crippen LogP contribution in [0.2, 0.25) is 0 Å². The van der Waals surface area contributed by atoms with Crippen molar-refractivity contribution in [2.45, 2.75) is 53.4 Å². The molecular formula is C26H34N2Pd. The first-order chi connectivity index (χ1) is 13.8. The summed E-state index contributed by atoms with van der Waals surface area (Å²) in [4.78, 5) is 2.92. The minimum Gasteiger partial charge on any atom is -0.348 e. The van der Waals surface area contributed by atoms with Crippen LogP contribution in [-0.2, 0) is 33.3 Å². The zero-order valence-corrected chi connectivity index (χ0v) is 19.8. The Kier molecular flexibility index (Phi) is 19.5. The van der Waals surface area contributed by atoms with Crippen LogP contribution < -0.4 is 0 Å². The molecule has 0 aliphatic heterocycles. The van der Waals surface area contributed by atoms with Gasteiger partial charge in [0.2, 0.25) is 0 Å². The molecule has 0 atom stereocenters. The van der Waals surface area contributed by atoms with E-state index < -0.39 is 0 Å². The van der Waals surface area contributed by atoms with Gasteiger partial charge in [0.15, 0.2) is 0 Å². The second-order valence-electron chi connectivity index (χ2n) is 5.83. The van der Waals surface area contributed by atoms with Crippen molar-refractivity contribution in [3.05, 3.63) is 102 Å². The van der Waals surface area contributed by atoms with E-state index in [9.17, 15) is 0 Å². The summed E-state index contributed by atoms with van der Waals surface area (Å²) in [5.74, 6) is 2.46. The Bertz CT molecular complexity index is 761. The molecule has 0 heterocycles. The van der Waals surface area contributed by atoms with Crippen molar-refractivity contribution < 1.29 is 25.2 Å². The predicted octanol–water partition coefficient (Wildman–Crippen LogP) is 7.16. The van der Waals surface area contributed by atoms with Crippen LogP contribution in [0.3, 0.4) is 0 Å². The van der Waals surface area contributed by atoms with Crippen LogP contribution in [0.4, 0.5) is 0 Å². The maximum atomic E-state index is 8.56. The zero-order valence-electron chi connectivity index (χ0n) is 18.2. The quantitative estimate of drug-likeness (QED) is 0.101. The van der Waals surface area contributed by atoms with Crippen LogP contribution in [0.25, 0.3) is 11.1 Å². The number of allylic oxidation sites excluding steroid dienone is 2. The molecule has 2 aromatic rings. The summed E-state index contributed by atoms with van der Waals surface area (Å²) < 4.78 is 0. The molecule has 0 aliphatic carbocycles. The molecule has 0 saturated heterocycles. The number of hydrogen-bond acceptors (Lipinski definition) is 0. The number of nitrogens with zero attached hydrogens (tertiary/aromatic N) is 2. The van der Waals surface area contributed by atoms with Gasteiger partial charge in [0.25, 0.3) is 5.87 Å². The first-order valence-corrected chi connectivity index (χ1v) is 10.0. The molecule has 0 saturated carbocycles. The van der Waals surface area contributed by atoms with E-state index in [0.29, 0.717) is 0 Å². The summed E-state index contributed by atoms with van der Waals surface area (Å²) in [6, 6.07) is 17.3. The first kappa shape index (κ1) is 29.2. The minimum atomic E-state index is 0. The second kappa shape index (κ2) is 19.3. The van der Waals surface area contributed by atoms with E-state index in [1.54, 1.807) is 19.9 Å². The van der Waals surface area contributed by atoms with Gasteiger partial charge in [-0.05, 0) is 53.2 Å². The third-order valence-corrected chi connectivity index (χ3v) is 4.14. The van der Waals surface area contributed by atoms with Crippen molar-refractivity contribution in [3.8, 4) is 0 Å². The maximum Gasteiger partial charge on any atom is 2.00 e. The molecule has 3 heteroatoms. The van der Waals surface area contributed by atoms with E-state index in [1.165, 1.54) is 24.0 Å². The monoisotopic (exact) mass is 480 g/mol. The summed E-state index contributed by atoms with van der Waals surface area (Å²) in [5.41, 5.74) is 14.6. The molecule has 0 radical (unpaired) electrons. The summed E-state index contributed by atoms with van der Waals surface area (Å²) in [5, 5.41) is 0. The molecular weight excluding hydrogens is 447 g/mol. The summed E-state index contributed by atoms with van der Waals surface area (Å²) in [6.07, 6.45) is 8.15. The number of unbranched alkanes of at least 4 members (excludes halogenated alkanes) is 1. The number of benzene rings is 2. The van der Waals surface area contributed by atoms with Gasteiger partial charge in [-0.3, -0.25) is 0 Å². The van der Waals surface area contributed by atoms with E-state index in [4.69, 9.17) is 5.53 Å². The Balaban J connectivity index is 0. The van der Waals surface area contributed by atoms with Gasteiger partial charge in [-0.15, -0.1) is 4.79 Å². The first-order valence-electron chi connectivity index (χ1n) is 10.0. The standard InChI is InChI=1S/C22H24N2.2C2H5.Pd/c1-3-5-7-19-11-15-21(16-12-19)22(8-6-17-24-23)20-13-9-18(4-2)10-14-20;2*1-2;/h6,8-16H,3-5,7H2,1-2H3;2*1H2,2H3;/q;2*-1;+2. The SMILES string of the molecule is CCCCc1ccc(C(=CC=C=[N+]=[N-])c2ccc(CC)cc2)cc1.[CH2-]C.[CH2-]C.[Pd+2]. The van der Waals surface area contributed by atoms with Crippen molar-refractivity contribution in [2.75, 3.05) is 0 Å². The van der Waals surface area contributed by atoms with Crippen molar-refractivity contribution in [3.63, 3.8) is 0 Å². The molecule has 0 bridgehead atoms. The van der Waals surface area contributed by atoms with Gasteiger partial charge in [-0.2, -0.15) is 13.8 Å². The minimum absolute atomic E-state index is 0. The van der Waals surface area contributed by atoms with Crippen LogP contribution in [0.15, 0.2) is 60.7 Å². The van der Waals surface area contributed by atoms with Crippen LogP contribution in [0.1, 0.15) is 62.8 Å².